The zero-order valence-corrected chi connectivity index (χ0v) is 9.69. The number of ether oxygens (including phenoxy) is 1. The number of hydrogen-bond donors (Lipinski definition) is 4. The number of nitrogens with one attached hydrogen (secondary N) is 1. The first kappa shape index (κ1) is 16.1. The van der Waals surface area contributed by atoms with E-state index >= 15 is 0 Å². The summed E-state index contributed by atoms with van der Waals surface area (Å²) in [5.41, 5.74) is 2.66. The highest BCUT2D eigenvalue weighted by molar-refractivity contribution is 6.27. The van der Waals surface area contributed by atoms with Crippen LogP contribution in [0.25, 0.3) is 0 Å². The molecular weight excluding hydrogens is 262 g/mol. The number of carboxylic acid groups (broad SMARTS) is 2. The van der Waals surface area contributed by atoms with Gasteiger partial charge >= 0.3 is 11.9 Å². The number of methoxy groups -OCH3 is 1. The van der Waals surface area contributed by atoms with Crippen LogP contribution in [0.1, 0.15) is 0 Å². The van der Waals surface area contributed by atoms with Gasteiger partial charge in [0.2, 0.25) is 0 Å². The number of hydrogen-bond acceptors (Lipinski definition) is 7. The quantitative estimate of drug-likeness (QED) is 0.257. The van der Waals surface area contributed by atoms with Crippen molar-refractivity contribution in [2.75, 3.05) is 12.5 Å². The third kappa shape index (κ3) is 5.32. The molecule has 5 N–H and O–H groups in total. The van der Waals surface area contributed by atoms with Crippen LogP contribution in [-0.4, -0.2) is 34.2 Å². The van der Waals surface area contributed by atoms with E-state index in [1.165, 1.54) is 25.3 Å². The minimum Gasteiger partial charge on any atom is -0.495 e. The van der Waals surface area contributed by atoms with Gasteiger partial charge in [0.1, 0.15) is 5.75 Å². The highest BCUT2D eigenvalue weighted by atomic mass is 16.6. The maximum atomic E-state index is 10.4. The van der Waals surface area contributed by atoms with Gasteiger partial charge in [-0.2, -0.15) is 0 Å². The van der Waals surface area contributed by atoms with E-state index in [1.54, 1.807) is 0 Å². The topological polar surface area (TPSA) is 165 Å². The van der Waals surface area contributed by atoms with Crippen LogP contribution in [0.5, 0.6) is 5.75 Å². The van der Waals surface area contributed by atoms with E-state index in [1.807, 2.05) is 0 Å². The van der Waals surface area contributed by atoms with Crippen molar-refractivity contribution in [3.63, 3.8) is 0 Å². The molecule has 10 heteroatoms. The van der Waals surface area contributed by atoms with Crippen molar-refractivity contribution in [1.82, 2.24) is 0 Å². The smallest absolute Gasteiger partial charge is 0.414 e. The zero-order chi connectivity index (χ0) is 15.0. The second kappa shape index (κ2) is 7.45. The Morgan fingerprint density at radius 3 is 2.21 bits per heavy atom. The Labute approximate surface area is 106 Å². The number of nitro groups is 1. The highest BCUT2D eigenvalue weighted by Crippen LogP contribution is 2.27. The molecule has 0 bridgehead atoms. The van der Waals surface area contributed by atoms with Crippen molar-refractivity contribution >= 4 is 23.3 Å². The number of nitro benzene ring substituents is 1. The van der Waals surface area contributed by atoms with Crippen molar-refractivity contribution in [2.24, 2.45) is 5.84 Å². The Morgan fingerprint density at radius 1 is 1.37 bits per heavy atom. The van der Waals surface area contributed by atoms with Gasteiger partial charge in [-0.3, -0.25) is 16.0 Å². The second-order valence-corrected chi connectivity index (χ2v) is 2.90. The maximum absolute atomic E-state index is 10.4. The van der Waals surface area contributed by atoms with Crippen LogP contribution in [0, 0.1) is 10.1 Å². The van der Waals surface area contributed by atoms with Gasteiger partial charge in [0.25, 0.3) is 5.69 Å². The SMILES string of the molecule is COc1ccc([N+](=O)[O-])cc1NN.O=C(O)C(=O)O. The standard InChI is InChI=1S/C7H9N3O3.C2H2O4/c1-13-7-3-2-5(10(11)12)4-6(7)9-8;3-1(4)2(5)6/h2-4,9H,8H2,1H3;(H,3,4)(H,5,6). The summed E-state index contributed by atoms with van der Waals surface area (Å²) in [7, 11) is 1.46. The van der Waals surface area contributed by atoms with Crippen LogP contribution in [0.2, 0.25) is 0 Å². The largest absolute Gasteiger partial charge is 0.495 e. The lowest BCUT2D eigenvalue weighted by Crippen LogP contribution is -2.09. The van der Waals surface area contributed by atoms with Crippen molar-refractivity contribution in [2.45, 2.75) is 0 Å². The number of rotatable bonds is 3. The maximum Gasteiger partial charge on any atom is 0.414 e. The minimum absolute atomic E-state index is 0.0336. The van der Waals surface area contributed by atoms with Gasteiger partial charge in [0.05, 0.1) is 17.7 Å². The number of benzene rings is 1. The summed E-state index contributed by atoms with van der Waals surface area (Å²) >= 11 is 0. The molecule has 0 saturated heterocycles. The summed E-state index contributed by atoms with van der Waals surface area (Å²) in [4.78, 5) is 28.1. The molecular formula is C9H11N3O7. The molecule has 0 radical (unpaired) electrons. The van der Waals surface area contributed by atoms with E-state index < -0.39 is 16.9 Å². The zero-order valence-electron chi connectivity index (χ0n) is 9.69. The number of non-ortho nitro benzene ring substituents is 1. The van der Waals surface area contributed by atoms with Gasteiger partial charge in [0.15, 0.2) is 0 Å². The Kier molecular flexibility index (Phi) is 6.32. The number of hydrazine groups is 1. The number of carbonyl (C=O) groups is 2. The van der Waals surface area contributed by atoms with Gasteiger partial charge in [-0.25, -0.2) is 9.59 Å². The van der Waals surface area contributed by atoms with E-state index in [4.69, 9.17) is 30.4 Å². The fraction of sp³-hybridized carbons (Fsp3) is 0.111. The molecule has 0 fully saturated rings. The Hall–Kier alpha value is -2.88. The number of nitrogen functional groups attached to an aromatic ring is 1. The lowest BCUT2D eigenvalue weighted by Gasteiger charge is -2.06. The normalized spacial score (nSPS) is 8.74. The number of anilines is 1. The lowest BCUT2D eigenvalue weighted by atomic mass is 10.2. The fourth-order valence-corrected chi connectivity index (χ4v) is 0.922. The van der Waals surface area contributed by atoms with Gasteiger partial charge in [-0.15, -0.1) is 0 Å². The molecule has 0 atom stereocenters. The van der Waals surface area contributed by atoms with E-state index in [9.17, 15) is 10.1 Å². The molecule has 0 aromatic heterocycles. The molecule has 0 heterocycles. The summed E-state index contributed by atoms with van der Waals surface area (Å²) in [6, 6.07) is 4.13. The van der Waals surface area contributed by atoms with Crippen LogP contribution < -0.4 is 16.0 Å². The van der Waals surface area contributed by atoms with Gasteiger partial charge in [-0.05, 0) is 6.07 Å². The lowest BCUT2D eigenvalue weighted by molar-refractivity contribution is -0.384. The van der Waals surface area contributed by atoms with E-state index in [0.29, 0.717) is 11.4 Å². The van der Waals surface area contributed by atoms with Crippen molar-refractivity contribution in [1.29, 1.82) is 0 Å². The average molecular weight is 273 g/mol. The molecule has 0 spiro atoms. The summed E-state index contributed by atoms with van der Waals surface area (Å²) in [6.07, 6.45) is 0. The summed E-state index contributed by atoms with van der Waals surface area (Å²) in [5, 5.41) is 25.1. The van der Waals surface area contributed by atoms with Crippen LogP contribution in [0.4, 0.5) is 11.4 Å². The molecule has 0 unspecified atom stereocenters. The molecule has 0 saturated carbocycles. The summed E-state index contributed by atoms with van der Waals surface area (Å²) in [6.45, 7) is 0. The minimum atomic E-state index is -1.82. The van der Waals surface area contributed by atoms with Crippen molar-refractivity contribution in [3.05, 3.63) is 28.3 Å². The number of aliphatic carboxylic acids is 2. The van der Waals surface area contributed by atoms with Gasteiger partial charge in [-0.1, -0.05) is 0 Å². The summed E-state index contributed by atoms with van der Waals surface area (Å²) < 4.78 is 4.91. The third-order valence-electron chi connectivity index (χ3n) is 1.73. The molecule has 0 aliphatic rings. The van der Waals surface area contributed by atoms with Crippen molar-refractivity contribution in [3.8, 4) is 5.75 Å². The molecule has 19 heavy (non-hydrogen) atoms. The predicted octanol–water partition coefficient (Wildman–Crippen LogP) is 0.0446. The molecule has 1 aromatic carbocycles. The number of carboxylic acids is 2. The molecule has 10 nitrogen and oxygen atoms in total. The summed E-state index contributed by atoms with van der Waals surface area (Å²) in [5.74, 6) is 1.96. The first-order chi connectivity index (χ1) is 8.83. The van der Waals surface area contributed by atoms with Crippen molar-refractivity contribution < 1.29 is 29.5 Å². The highest BCUT2D eigenvalue weighted by Gasteiger charge is 2.09. The van der Waals surface area contributed by atoms with E-state index in [0.717, 1.165) is 0 Å². The first-order valence-corrected chi connectivity index (χ1v) is 4.58. The van der Waals surface area contributed by atoms with Gasteiger partial charge < -0.3 is 20.4 Å². The Bertz CT molecular complexity index is 477. The average Bonchev–Trinajstić information content (AvgIpc) is 2.38. The van der Waals surface area contributed by atoms with E-state index in [-0.39, 0.29) is 5.69 Å². The second-order valence-electron chi connectivity index (χ2n) is 2.90. The number of nitrogens with two attached hydrogens (primary N) is 1. The molecule has 1 rings (SSSR count). The first-order valence-electron chi connectivity index (χ1n) is 4.58. The predicted molar refractivity (Wildman–Crippen MR) is 62.7 cm³/mol. The molecule has 104 valence electrons. The monoisotopic (exact) mass is 273 g/mol. The Balaban J connectivity index is 0.000000459. The molecule has 1 aromatic rings. The van der Waals surface area contributed by atoms with Crippen LogP contribution in [-0.2, 0) is 9.59 Å². The van der Waals surface area contributed by atoms with Crippen LogP contribution in [0.3, 0.4) is 0 Å². The molecule has 0 amide bonds. The molecule has 0 aliphatic heterocycles. The molecule has 0 aliphatic carbocycles. The third-order valence-corrected chi connectivity index (χ3v) is 1.73. The van der Waals surface area contributed by atoms with E-state index in [2.05, 4.69) is 5.43 Å². The fourth-order valence-electron chi connectivity index (χ4n) is 0.922. The Morgan fingerprint density at radius 2 is 1.89 bits per heavy atom. The van der Waals surface area contributed by atoms with Crippen LogP contribution in [0.15, 0.2) is 18.2 Å². The number of nitrogens with zero attached hydrogens (tertiary/aromatic N) is 1. The van der Waals surface area contributed by atoms with Gasteiger partial charge in [0, 0.05) is 12.1 Å². The van der Waals surface area contributed by atoms with Crippen LogP contribution >= 0.6 is 0 Å².